The SMILES string of the molecule is Cc1ccc(/C=N/N(C(=O)/C=C/c2cccs2)c2nc3ccc(C)cc3s2)cc1. The Kier molecular flexibility index (Phi) is 5.64. The van der Waals surface area contributed by atoms with E-state index in [4.69, 9.17) is 0 Å². The molecule has 4 nitrogen and oxygen atoms in total. The van der Waals surface area contributed by atoms with Crippen LogP contribution in [-0.2, 0) is 4.79 Å². The summed E-state index contributed by atoms with van der Waals surface area (Å²) in [6.07, 6.45) is 5.03. The van der Waals surface area contributed by atoms with E-state index in [0.717, 1.165) is 26.2 Å². The fraction of sp³-hybridized carbons (Fsp3) is 0.0870. The molecule has 2 aromatic carbocycles. The van der Waals surface area contributed by atoms with Gasteiger partial charge in [-0.15, -0.1) is 11.3 Å². The zero-order valence-electron chi connectivity index (χ0n) is 16.1. The highest BCUT2D eigenvalue weighted by Gasteiger charge is 2.17. The number of hydrazone groups is 1. The van der Waals surface area contributed by atoms with Gasteiger partial charge in [0.05, 0.1) is 16.4 Å². The van der Waals surface area contributed by atoms with Crippen LogP contribution in [0.5, 0.6) is 0 Å². The number of hydrogen-bond donors (Lipinski definition) is 0. The topological polar surface area (TPSA) is 45.6 Å². The maximum atomic E-state index is 13.0. The summed E-state index contributed by atoms with van der Waals surface area (Å²) < 4.78 is 1.03. The van der Waals surface area contributed by atoms with E-state index in [9.17, 15) is 4.79 Å². The van der Waals surface area contributed by atoms with Crippen LogP contribution in [0, 0.1) is 13.8 Å². The third-order valence-electron chi connectivity index (χ3n) is 4.26. The lowest BCUT2D eigenvalue weighted by Gasteiger charge is -2.11. The van der Waals surface area contributed by atoms with E-state index >= 15 is 0 Å². The summed E-state index contributed by atoms with van der Waals surface area (Å²) in [4.78, 5) is 18.6. The van der Waals surface area contributed by atoms with Crippen LogP contribution in [0.1, 0.15) is 21.6 Å². The number of anilines is 1. The minimum atomic E-state index is -0.238. The highest BCUT2D eigenvalue weighted by Crippen LogP contribution is 2.30. The van der Waals surface area contributed by atoms with Gasteiger partial charge in [-0.1, -0.05) is 53.3 Å². The first-order valence-electron chi connectivity index (χ1n) is 9.12. The number of fused-ring (bicyclic) bond motifs is 1. The Morgan fingerprint density at radius 3 is 2.62 bits per heavy atom. The number of aromatic nitrogens is 1. The standard InChI is InChI=1S/C23H19N3OS2/c1-16-5-8-18(9-6-16)15-24-26(22(27)12-10-19-4-3-13-28-19)23-25-20-11-7-17(2)14-21(20)29-23/h3-15H,1-2H3/b12-10+,24-15+. The van der Waals surface area contributed by atoms with Crippen LogP contribution in [0.3, 0.4) is 0 Å². The first kappa shape index (κ1) is 19.2. The molecule has 0 bridgehead atoms. The van der Waals surface area contributed by atoms with Crippen molar-refractivity contribution in [3.05, 3.63) is 87.6 Å². The number of thiophene rings is 1. The third-order valence-corrected chi connectivity index (χ3v) is 6.09. The first-order chi connectivity index (χ1) is 14.1. The molecule has 2 aromatic heterocycles. The number of benzene rings is 2. The van der Waals surface area contributed by atoms with Crippen molar-refractivity contribution in [3.8, 4) is 0 Å². The Labute approximate surface area is 177 Å². The molecule has 4 aromatic rings. The number of carbonyl (C=O) groups excluding carboxylic acids is 1. The maximum Gasteiger partial charge on any atom is 0.273 e. The van der Waals surface area contributed by atoms with Crippen molar-refractivity contribution in [2.75, 3.05) is 5.01 Å². The van der Waals surface area contributed by atoms with Crippen molar-refractivity contribution >= 4 is 56.2 Å². The summed E-state index contributed by atoms with van der Waals surface area (Å²) >= 11 is 3.04. The summed E-state index contributed by atoms with van der Waals surface area (Å²) in [5.74, 6) is -0.238. The highest BCUT2D eigenvalue weighted by atomic mass is 32.1. The smallest absolute Gasteiger partial charge is 0.267 e. The third kappa shape index (κ3) is 4.67. The molecule has 0 atom stereocenters. The molecule has 0 aliphatic carbocycles. The number of rotatable bonds is 5. The molecule has 0 fully saturated rings. The predicted octanol–water partition coefficient (Wildman–Crippen LogP) is 6.06. The van der Waals surface area contributed by atoms with Gasteiger partial charge < -0.3 is 0 Å². The van der Waals surface area contributed by atoms with E-state index in [1.165, 1.54) is 28.0 Å². The Morgan fingerprint density at radius 1 is 1.07 bits per heavy atom. The normalized spacial score (nSPS) is 11.7. The maximum absolute atomic E-state index is 13.0. The van der Waals surface area contributed by atoms with Crippen LogP contribution in [0.2, 0.25) is 0 Å². The molecular formula is C23H19N3OS2. The van der Waals surface area contributed by atoms with Crippen LogP contribution in [-0.4, -0.2) is 17.1 Å². The van der Waals surface area contributed by atoms with Gasteiger partial charge in [-0.2, -0.15) is 10.1 Å². The Balaban J connectivity index is 1.68. The predicted molar refractivity (Wildman–Crippen MR) is 124 cm³/mol. The van der Waals surface area contributed by atoms with Gasteiger partial charge in [0.15, 0.2) is 0 Å². The van der Waals surface area contributed by atoms with Gasteiger partial charge in [-0.25, -0.2) is 4.98 Å². The molecule has 0 saturated carbocycles. The fourth-order valence-corrected chi connectivity index (χ4v) is 4.34. The van der Waals surface area contributed by atoms with Crippen molar-refractivity contribution in [3.63, 3.8) is 0 Å². The van der Waals surface area contributed by atoms with Gasteiger partial charge >= 0.3 is 0 Å². The van der Waals surface area contributed by atoms with Gasteiger partial charge in [-0.05, 0) is 54.6 Å². The number of carbonyl (C=O) groups is 1. The van der Waals surface area contributed by atoms with E-state index in [2.05, 4.69) is 16.2 Å². The number of hydrogen-bond acceptors (Lipinski definition) is 5. The van der Waals surface area contributed by atoms with Crippen LogP contribution in [0.4, 0.5) is 5.13 Å². The van der Waals surface area contributed by atoms with Crippen molar-refractivity contribution in [2.24, 2.45) is 5.10 Å². The molecule has 144 valence electrons. The molecule has 29 heavy (non-hydrogen) atoms. The highest BCUT2D eigenvalue weighted by molar-refractivity contribution is 7.22. The molecule has 2 heterocycles. The van der Waals surface area contributed by atoms with Crippen LogP contribution >= 0.6 is 22.7 Å². The van der Waals surface area contributed by atoms with Crippen molar-refractivity contribution in [2.45, 2.75) is 13.8 Å². The second kappa shape index (κ2) is 8.51. The molecule has 1 amide bonds. The molecule has 0 radical (unpaired) electrons. The molecule has 4 rings (SSSR count). The summed E-state index contributed by atoms with van der Waals surface area (Å²) in [6.45, 7) is 4.08. The molecule has 6 heteroatoms. The summed E-state index contributed by atoms with van der Waals surface area (Å²) in [5, 5.41) is 8.37. The van der Waals surface area contributed by atoms with Crippen LogP contribution in [0.15, 0.2) is 71.2 Å². The molecule has 0 N–H and O–H groups in total. The molecule has 0 spiro atoms. The van der Waals surface area contributed by atoms with Crippen molar-refractivity contribution in [1.29, 1.82) is 0 Å². The zero-order valence-corrected chi connectivity index (χ0v) is 17.7. The van der Waals surface area contributed by atoms with E-state index in [0.29, 0.717) is 5.13 Å². The molecule has 0 unspecified atom stereocenters. The molecule has 0 aliphatic rings. The van der Waals surface area contributed by atoms with E-state index in [-0.39, 0.29) is 5.91 Å². The summed E-state index contributed by atoms with van der Waals surface area (Å²) in [7, 11) is 0. The van der Waals surface area contributed by atoms with Gasteiger partial charge in [0.25, 0.3) is 5.91 Å². The molecular weight excluding hydrogens is 398 g/mol. The Hall–Kier alpha value is -3.09. The van der Waals surface area contributed by atoms with Gasteiger partial charge in [-0.3, -0.25) is 4.79 Å². The fourth-order valence-electron chi connectivity index (χ4n) is 2.70. The Morgan fingerprint density at radius 2 is 1.86 bits per heavy atom. The van der Waals surface area contributed by atoms with E-state index in [1.54, 1.807) is 23.6 Å². The number of amides is 1. The van der Waals surface area contributed by atoms with E-state index < -0.39 is 0 Å². The average molecular weight is 418 g/mol. The Bertz CT molecular complexity index is 1190. The summed E-state index contributed by atoms with van der Waals surface area (Å²) in [5.41, 5.74) is 4.12. The zero-order chi connectivity index (χ0) is 20.2. The molecule has 0 saturated heterocycles. The van der Waals surface area contributed by atoms with Crippen molar-refractivity contribution < 1.29 is 4.79 Å². The lowest BCUT2D eigenvalue weighted by Crippen LogP contribution is -2.23. The second-order valence-corrected chi connectivity index (χ2v) is 8.61. The van der Waals surface area contributed by atoms with Crippen molar-refractivity contribution in [1.82, 2.24) is 4.98 Å². The van der Waals surface area contributed by atoms with Gasteiger partial charge in [0, 0.05) is 11.0 Å². The second-order valence-electron chi connectivity index (χ2n) is 6.62. The van der Waals surface area contributed by atoms with Crippen LogP contribution < -0.4 is 5.01 Å². The van der Waals surface area contributed by atoms with Crippen LogP contribution in [0.25, 0.3) is 16.3 Å². The average Bonchev–Trinajstić information content (AvgIpc) is 3.37. The minimum absolute atomic E-state index is 0.238. The molecule has 0 aliphatic heterocycles. The number of nitrogens with zero attached hydrogens (tertiary/aromatic N) is 3. The van der Waals surface area contributed by atoms with Gasteiger partial charge in [0.2, 0.25) is 5.13 Å². The lowest BCUT2D eigenvalue weighted by molar-refractivity contribution is -0.114. The minimum Gasteiger partial charge on any atom is -0.267 e. The van der Waals surface area contributed by atoms with E-state index in [1.807, 2.05) is 67.8 Å². The number of thiazole rings is 1. The number of aryl methyl sites for hydroxylation is 2. The summed E-state index contributed by atoms with van der Waals surface area (Å²) in [6, 6.07) is 18.0. The monoisotopic (exact) mass is 417 g/mol. The van der Waals surface area contributed by atoms with Gasteiger partial charge in [0.1, 0.15) is 0 Å². The quantitative estimate of drug-likeness (QED) is 0.225. The largest absolute Gasteiger partial charge is 0.273 e. The first-order valence-corrected chi connectivity index (χ1v) is 10.8. The lowest BCUT2D eigenvalue weighted by atomic mass is 10.2.